The minimum absolute atomic E-state index is 0.0829. The number of methoxy groups -OCH3 is 1. The molecular formula is C22H23F3N4O2. The van der Waals surface area contributed by atoms with Crippen LogP contribution in [0.25, 0.3) is 16.9 Å². The van der Waals surface area contributed by atoms with Crippen molar-refractivity contribution in [1.82, 2.24) is 19.5 Å². The molecule has 1 aromatic carbocycles. The van der Waals surface area contributed by atoms with Crippen LogP contribution in [0.5, 0.6) is 5.75 Å². The van der Waals surface area contributed by atoms with E-state index in [0.717, 1.165) is 44.8 Å². The summed E-state index contributed by atoms with van der Waals surface area (Å²) < 4.78 is 47.1. The van der Waals surface area contributed by atoms with Crippen LogP contribution in [0.4, 0.5) is 13.2 Å². The van der Waals surface area contributed by atoms with Crippen molar-refractivity contribution in [3.8, 4) is 17.0 Å². The van der Waals surface area contributed by atoms with E-state index in [-0.39, 0.29) is 29.2 Å². The molecule has 3 aromatic rings. The van der Waals surface area contributed by atoms with Gasteiger partial charge in [0, 0.05) is 5.56 Å². The number of likely N-dealkylation sites (tertiary alicyclic amines) is 1. The number of hydrogen-bond donors (Lipinski definition) is 0. The van der Waals surface area contributed by atoms with E-state index in [2.05, 4.69) is 15.0 Å². The molecular weight excluding hydrogens is 409 g/mol. The number of aromatic nitrogens is 3. The second kappa shape index (κ2) is 8.66. The van der Waals surface area contributed by atoms with Crippen LogP contribution in [0.2, 0.25) is 0 Å². The van der Waals surface area contributed by atoms with E-state index < -0.39 is 11.9 Å². The number of hydrogen-bond acceptors (Lipinski definition) is 5. The van der Waals surface area contributed by atoms with Gasteiger partial charge in [0.25, 0.3) is 0 Å². The maximum Gasteiger partial charge on any atom is 0.433 e. The molecule has 0 saturated carbocycles. The highest BCUT2D eigenvalue weighted by Crippen LogP contribution is 2.33. The van der Waals surface area contributed by atoms with E-state index in [9.17, 15) is 18.0 Å². The van der Waals surface area contributed by atoms with Gasteiger partial charge in [0.1, 0.15) is 5.75 Å². The number of carbonyl (C=O) groups excluding carboxylic acids is 1. The second-order valence-electron chi connectivity index (χ2n) is 7.66. The molecule has 164 valence electrons. The molecule has 1 aliphatic rings. The molecule has 0 N–H and O–H groups in total. The summed E-state index contributed by atoms with van der Waals surface area (Å²) in [6.07, 6.45) is 0.821. The Morgan fingerprint density at radius 3 is 2.39 bits per heavy atom. The van der Waals surface area contributed by atoms with Crippen molar-refractivity contribution in [3.05, 3.63) is 47.8 Å². The highest BCUT2D eigenvalue weighted by molar-refractivity contribution is 6.02. The number of nitrogens with zero attached hydrogens (tertiary/aromatic N) is 4. The summed E-state index contributed by atoms with van der Waals surface area (Å²) in [5.74, 6) is 0.308. The van der Waals surface area contributed by atoms with Crippen LogP contribution in [0.15, 0.2) is 36.5 Å². The smallest absolute Gasteiger partial charge is 0.433 e. The Bertz CT molecular complexity index is 1070. The standard InChI is InChI=1S/C22H23F3N4O2/c1-31-16-8-6-15(7-9-16)18-12-20(22(23,24)25)29-21(27-18)17(13-26-29)19(30)14-28-10-4-2-3-5-11-28/h6-9,12-13H,2-5,10-11,14H2,1H3. The topological polar surface area (TPSA) is 59.7 Å². The molecule has 1 fully saturated rings. The van der Waals surface area contributed by atoms with E-state index in [1.807, 2.05) is 0 Å². The van der Waals surface area contributed by atoms with E-state index in [1.54, 1.807) is 24.3 Å². The third kappa shape index (κ3) is 4.56. The molecule has 6 nitrogen and oxygen atoms in total. The predicted molar refractivity (Wildman–Crippen MR) is 109 cm³/mol. The third-order valence-electron chi connectivity index (χ3n) is 5.51. The third-order valence-corrected chi connectivity index (χ3v) is 5.51. The molecule has 0 aliphatic carbocycles. The van der Waals surface area contributed by atoms with Gasteiger partial charge in [-0.2, -0.15) is 18.3 Å². The van der Waals surface area contributed by atoms with Gasteiger partial charge in [0.05, 0.1) is 31.1 Å². The largest absolute Gasteiger partial charge is 0.497 e. The number of fused-ring (bicyclic) bond motifs is 1. The number of halogens is 3. The lowest BCUT2D eigenvalue weighted by molar-refractivity contribution is -0.142. The van der Waals surface area contributed by atoms with Crippen LogP contribution in [-0.4, -0.2) is 52.0 Å². The van der Waals surface area contributed by atoms with Crippen molar-refractivity contribution < 1.29 is 22.7 Å². The molecule has 0 unspecified atom stereocenters. The molecule has 0 spiro atoms. The van der Waals surface area contributed by atoms with Crippen LogP contribution in [0, 0.1) is 0 Å². The maximum atomic E-state index is 13.8. The van der Waals surface area contributed by atoms with Crippen molar-refractivity contribution in [2.45, 2.75) is 31.9 Å². The summed E-state index contributed by atoms with van der Waals surface area (Å²) in [6.45, 7) is 1.77. The van der Waals surface area contributed by atoms with E-state index in [1.165, 1.54) is 13.3 Å². The van der Waals surface area contributed by atoms with Crippen LogP contribution in [-0.2, 0) is 6.18 Å². The fraction of sp³-hybridized carbons (Fsp3) is 0.409. The summed E-state index contributed by atoms with van der Waals surface area (Å²) in [6, 6.07) is 7.51. The summed E-state index contributed by atoms with van der Waals surface area (Å²) in [7, 11) is 1.51. The second-order valence-corrected chi connectivity index (χ2v) is 7.66. The molecule has 0 amide bonds. The summed E-state index contributed by atoms with van der Waals surface area (Å²) in [5.41, 5.74) is -0.351. The quantitative estimate of drug-likeness (QED) is 0.557. The minimum atomic E-state index is -4.65. The monoisotopic (exact) mass is 432 g/mol. The van der Waals surface area contributed by atoms with Gasteiger partial charge in [-0.25, -0.2) is 9.50 Å². The Morgan fingerprint density at radius 1 is 1.10 bits per heavy atom. The number of carbonyl (C=O) groups is 1. The highest BCUT2D eigenvalue weighted by Gasteiger charge is 2.36. The lowest BCUT2D eigenvalue weighted by Gasteiger charge is -2.18. The molecule has 0 bridgehead atoms. The average molecular weight is 432 g/mol. The Balaban J connectivity index is 1.75. The number of benzene rings is 1. The Hall–Kier alpha value is -2.94. The SMILES string of the molecule is COc1ccc(-c2cc(C(F)(F)F)n3ncc(C(=O)CN4CCCCCC4)c3n2)cc1. The fourth-order valence-corrected chi connectivity index (χ4v) is 3.85. The number of ketones is 1. The van der Waals surface area contributed by atoms with Gasteiger partial charge in [-0.1, -0.05) is 12.8 Å². The minimum Gasteiger partial charge on any atom is -0.497 e. The number of rotatable bonds is 5. The number of alkyl halides is 3. The lowest BCUT2D eigenvalue weighted by Crippen LogP contribution is -2.30. The first-order valence-electron chi connectivity index (χ1n) is 10.2. The molecule has 4 rings (SSSR count). The first-order valence-corrected chi connectivity index (χ1v) is 10.2. The molecule has 0 atom stereocenters. The molecule has 0 radical (unpaired) electrons. The van der Waals surface area contributed by atoms with Gasteiger partial charge in [0.2, 0.25) is 0 Å². The molecule has 3 heterocycles. The van der Waals surface area contributed by atoms with Crippen LogP contribution in [0.1, 0.15) is 41.7 Å². The van der Waals surface area contributed by atoms with Crippen molar-refractivity contribution in [3.63, 3.8) is 0 Å². The molecule has 1 aliphatic heterocycles. The van der Waals surface area contributed by atoms with Gasteiger partial charge < -0.3 is 4.74 Å². The number of Topliss-reactive ketones (excluding diaryl/α,β-unsaturated/α-hetero) is 1. The first kappa shape index (κ1) is 21.3. The van der Waals surface area contributed by atoms with Crippen LogP contribution >= 0.6 is 0 Å². The summed E-state index contributed by atoms with van der Waals surface area (Å²) in [5, 5.41) is 3.85. The normalized spacial score (nSPS) is 15.7. The fourth-order valence-electron chi connectivity index (χ4n) is 3.85. The van der Waals surface area contributed by atoms with Crippen molar-refractivity contribution in [1.29, 1.82) is 0 Å². The Morgan fingerprint density at radius 2 is 1.77 bits per heavy atom. The van der Waals surface area contributed by atoms with E-state index in [4.69, 9.17) is 4.74 Å². The van der Waals surface area contributed by atoms with Gasteiger partial charge in [-0.05, 0) is 56.3 Å². The summed E-state index contributed by atoms with van der Waals surface area (Å²) >= 11 is 0. The zero-order valence-corrected chi connectivity index (χ0v) is 17.2. The number of ether oxygens (including phenoxy) is 1. The first-order chi connectivity index (χ1) is 14.9. The zero-order valence-electron chi connectivity index (χ0n) is 17.2. The van der Waals surface area contributed by atoms with Gasteiger partial charge in [-0.15, -0.1) is 0 Å². The van der Waals surface area contributed by atoms with Crippen molar-refractivity contribution in [2.24, 2.45) is 0 Å². The highest BCUT2D eigenvalue weighted by atomic mass is 19.4. The predicted octanol–water partition coefficient (Wildman–Crippen LogP) is 4.48. The Kier molecular flexibility index (Phi) is 5.95. The van der Waals surface area contributed by atoms with Crippen molar-refractivity contribution >= 4 is 11.4 Å². The molecule has 9 heteroatoms. The molecule has 1 saturated heterocycles. The van der Waals surface area contributed by atoms with Gasteiger partial charge >= 0.3 is 6.18 Å². The average Bonchev–Trinajstić information content (AvgIpc) is 3.02. The zero-order chi connectivity index (χ0) is 22.0. The van der Waals surface area contributed by atoms with E-state index >= 15 is 0 Å². The van der Waals surface area contributed by atoms with Gasteiger partial charge in [-0.3, -0.25) is 9.69 Å². The lowest BCUT2D eigenvalue weighted by atomic mass is 10.1. The van der Waals surface area contributed by atoms with Gasteiger partial charge in [0.15, 0.2) is 17.1 Å². The van der Waals surface area contributed by atoms with Crippen LogP contribution in [0.3, 0.4) is 0 Å². The van der Waals surface area contributed by atoms with E-state index in [0.29, 0.717) is 15.8 Å². The summed E-state index contributed by atoms with van der Waals surface area (Å²) in [4.78, 5) is 19.4. The Labute approximate surface area is 177 Å². The van der Waals surface area contributed by atoms with Crippen molar-refractivity contribution in [2.75, 3.05) is 26.7 Å². The molecule has 2 aromatic heterocycles. The van der Waals surface area contributed by atoms with Crippen LogP contribution < -0.4 is 4.74 Å². The molecule has 31 heavy (non-hydrogen) atoms. The maximum absolute atomic E-state index is 13.8.